The van der Waals surface area contributed by atoms with Crippen molar-refractivity contribution in [3.8, 4) is 0 Å². The van der Waals surface area contributed by atoms with Crippen LogP contribution in [0.1, 0.15) is 41.5 Å². The molecule has 6 nitrogen and oxygen atoms in total. The van der Waals surface area contributed by atoms with E-state index in [1.807, 2.05) is 38.1 Å². The van der Waals surface area contributed by atoms with Crippen LogP contribution in [-0.4, -0.2) is 20.3 Å². The van der Waals surface area contributed by atoms with Crippen LogP contribution in [0.5, 0.6) is 0 Å². The number of carbonyl (C=O) groups is 1. The van der Waals surface area contributed by atoms with Crippen molar-refractivity contribution in [3.63, 3.8) is 0 Å². The maximum absolute atomic E-state index is 12.8. The van der Waals surface area contributed by atoms with Gasteiger partial charge in [0.1, 0.15) is 12.3 Å². The number of benzene rings is 1. The van der Waals surface area contributed by atoms with Crippen molar-refractivity contribution in [1.29, 1.82) is 0 Å². The minimum Gasteiger partial charge on any atom is -0.456 e. The third-order valence-electron chi connectivity index (χ3n) is 4.52. The molecule has 6 heteroatoms. The average molecular weight is 373 g/mol. The minimum atomic E-state index is -0.462. The van der Waals surface area contributed by atoms with Gasteiger partial charge < -0.3 is 4.74 Å². The fourth-order valence-corrected chi connectivity index (χ4v) is 3.05. The lowest BCUT2D eigenvalue weighted by Gasteiger charge is -2.11. The molecule has 3 aromatic heterocycles. The molecule has 28 heavy (non-hydrogen) atoms. The summed E-state index contributed by atoms with van der Waals surface area (Å²) in [7, 11) is 0. The van der Waals surface area contributed by atoms with E-state index < -0.39 is 5.97 Å². The van der Waals surface area contributed by atoms with Gasteiger partial charge in [0.25, 0.3) is 5.56 Å². The second-order valence-electron chi connectivity index (χ2n) is 6.86. The molecule has 0 atom stereocenters. The predicted octanol–water partition coefficient (Wildman–Crippen LogP) is 3.72. The fraction of sp³-hybridized carbons (Fsp3) is 0.182. The third kappa shape index (κ3) is 3.36. The Morgan fingerprint density at radius 3 is 2.68 bits per heavy atom. The van der Waals surface area contributed by atoms with Crippen LogP contribution in [0.15, 0.2) is 65.6 Å². The highest BCUT2D eigenvalue weighted by Crippen LogP contribution is 2.23. The van der Waals surface area contributed by atoms with Gasteiger partial charge >= 0.3 is 5.97 Å². The number of hydrogen-bond donors (Lipinski definition) is 0. The molecule has 0 bridgehead atoms. The lowest BCUT2D eigenvalue weighted by molar-refractivity contribution is 0.0470. The molecule has 4 aromatic rings. The van der Waals surface area contributed by atoms with Crippen LogP contribution in [-0.2, 0) is 11.3 Å². The molecule has 0 aliphatic carbocycles. The summed E-state index contributed by atoms with van der Waals surface area (Å²) in [5.74, 6) is -0.283. The Balaban J connectivity index is 1.65. The van der Waals surface area contributed by atoms with Crippen molar-refractivity contribution in [2.45, 2.75) is 26.4 Å². The molecule has 0 spiro atoms. The third-order valence-corrected chi connectivity index (χ3v) is 4.52. The molecule has 1 aromatic carbocycles. The van der Waals surface area contributed by atoms with Gasteiger partial charge in [-0.05, 0) is 30.2 Å². The van der Waals surface area contributed by atoms with Gasteiger partial charge in [0, 0.05) is 23.3 Å². The van der Waals surface area contributed by atoms with E-state index in [1.165, 1.54) is 10.5 Å². The fourth-order valence-electron chi connectivity index (χ4n) is 3.05. The summed E-state index contributed by atoms with van der Waals surface area (Å²) >= 11 is 0. The standard InChI is InChI=1S/C22H19N3O3/c1-14(2)19-12-17(16-7-3-4-8-18(16)24-19)22(27)28-13-15-11-21(26)25-10-6-5-9-20(25)23-15/h3-12,14H,13H2,1-2H3. The molecule has 0 radical (unpaired) electrons. The predicted molar refractivity (Wildman–Crippen MR) is 106 cm³/mol. The van der Waals surface area contributed by atoms with Gasteiger partial charge in [-0.1, -0.05) is 38.1 Å². The maximum atomic E-state index is 12.8. The maximum Gasteiger partial charge on any atom is 0.339 e. The van der Waals surface area contributed by atoms with E-state index in [2.05, 4.69) is 9.97 Å². The zero-order valence-electron chi connectivity index (χ0n) is 15.6. The minimum absolute atomic E-state index is 0.0763. The molecule has 140 valence electrons. The van der Waals surface area contributed by atoms with Crippen molar-refractivity contribution >= 4 is 22.5 Å². The normalized spacial score (nSPS) is 11.2. The molecule has 0 N–H and O–H groups in total. The van der Waals surface area contributed by atoms with Gasteiger partial charge in [0.15, 0.2) is 0 Å². The Morgan fingerprint density at radius 1 is 1.07 bits per heavy atom. The SMILES string of the molecule is CC(C)c1cc(C(=O)OCc2cc(=O)n3ccccc3n2)c2ccccc2n1. The van der Waals surface area contributed by atoms with Crippen LogP contribution in [0.4, 0.5) is 0 Å². The Hall–Kier alpha value is -3.54. The summed E-state index contributed by atoms with van der Waals surface area (Å²) in [6, 6.07) is 15.9. The number of fused-ring (bicyclic) bond motifs is 2. The number of esters is 1. The van der Waals surface area contributed by atoms with E-state index >= 15 is 0 Å². The van der Waals surface area contributed by atoms with Gasteiger partial charge in [0.05, 0.1) is 16.8 Å². The first-order valence-corrected chi connectivity index (χ1v) is 9.07. The molecule has 0 aliphatic rings. The van der Waals surface area contributed by atoms with Gasteiger partial charge in [-0.2, -0.15) is 0 Å². The Labute approximate surface area is 161 Å². The largest absolute Gasteiger partial charge is 0.456 e. The highest BCUT2D eigenvalue weighted by molar-refractivity contribution is 6.03. The van der Waals surface area contributed by atoms with Gasteiger partial charge in [0.2, 0.25) is 0 Å². The highest BCUT2D eigenvalue weighted by atomic mass is 16.5. The van der Waals surface area contributed by atoms with Gasteiger partial charge in [-0.3, -0.25) is 14.2 Å². The topological polar surface area (TPSA) is 73.6 Å². The van der Waals surface area contributed by atoms with E-state index in [9.17, 15) is 9.59 Å². The molecule has 0 aliphatic heterocycles. The summed E-state index contributed by atoms with van der Waals surface area (Å²) in [6.45, 7) is 3.98. The van der Waals surface area contributed by atoms with Crippen molar-refractivity contribution in [2.75, 3.05) is 0 Å². The second kappa shape index (κ2) is 7.23. The first kappa shape index (κ1) is 17.9. The van der Waals surface area contributed by atoms with Crippen molar-refractivity contribution in [3.05, 3.63) is 88.1 Å². The first-order valence-electron chi connectivity index (χ1n) is 9.07. The van der Waals surface area contributed by atoms with E-state index in [0.29, 0.717) is 16.9 Å². The average Bonchev–Trinajstić information content (AvgIpc) is 2.71. The number of carbonyl (C=O) groups excluding carboxylic acids is 1. The van der Waals surface area contributed by atoms with Crippen LogP contribution < -0.4 is 5.56 Å². The van der Waals surface area contributed by atoms with E-state index in [1.54, 1.807) is 30.5 Å². The van der Waals surface area contributed by atoms with Crippen LogP contribution in [0, 0.1) is 0 Å². The Bertz CT molecular complexity index is 1240. The lowest BCUT2D eigenvalue weighted by atomic mass is 10.0. The molecular formula is C22H19N3O3. The van der Waals surface area contributed by atoms with E-state index in [0.717, 1.165) is 16.6 Å². The first-order chi connectivity index (χ1) is 13.5. The lowest BCUT2D eigenvalue weighted by Crippen LogP contribution is -2.16. The summed E-state index contributed by atoms with van der Waals surface area (Å²) in [5.41, 5.74) is 2.75. The number of hydrogen-bond acceptors (Lipinski definition) is 5. The van der Waals surface area contributed by atoms with Crippen LogP contribution in [0.3, 0.4) is 0 Å². The van der Waals surface area contributed by atoms with Crippen molar-refractivity contribution < 1.29 is 9.53 Å². The smallest absolute Gasteiger partial charge is 0.339 e. The van der Waals surface area contributed by atoms with Gasteiger partial charge in [-0.25, -0.2) is 9.78 Å². The van der Waals surface area contributed by atoms with Crippen molar-refractivity contribution in [1.82, 2.24) is 14.4 Å². The van der Waals surface area contributed by atoms with Crippen molar-refractivity contribution in [2.24, 2.45) is 0 Å². The summed E-state index contributed by atoms with van der Waals surface area (Å²) in [5, 5.41) is 0.739. The van der Waals surface area contributed by atoms with Crippen LogP contribution in [0.2, 0.25) is 0 Å². The second-order valence-corrected chi connectivity index (χ2v) is 6.86. The number of rotatable bonds is 4. The molecular weight excluding hydrogens is 354 g/mol. The van der Waals surface area contributed by atoms with Crippen LogP contribution in [0.25, 0.3) is 16.6 Å². The Morgan fingerprint density at radius 2 is 1.86 bits per heavy atom. The number of aromatic nitrogens is 3. The molecule has 0 saturated carbocycles. The number of para-hydroxylation sites is 1. The molecule has 0 amide bonds. The highest BCUT2D eigenvalue weighted by Gasteiger charge is 2.16. The summed E-state index contributed by atoms with van der Waals surface area (Å²) in [6.07, 6.45) is 1.65. The zero-order valence-corrected chi connectivity index (χ0v) is 15.6. The number of nitrogens with zero attached hydrogens (tertiary/aromatic N) is 3. The Kier molecular flexibility index (Phi) is 4.61. The van der Waals surface area contributed by atoms with E-state index in [4.69, 9.17) is 4.74 Å². The quantitative estimate of drug-likeness (QED) is 0.510. The molecule has 0 saturated heterocycles. The molecule has 3 heterocycles. The molecule has 0 fully saturated rings. The number of ether oxygens (including phenoxy) is 1. The van der Waals surface area contributed by atoms with Crippen LogP contribution >= 0.6 is 0 Å². The zero-order chi connectivity index (χ0) is 19.7. The van der Waals surface area contributed by atoms with Gasteiger partial charge in [-0.15, -0.1) is 0 Å². The summed E-state index contributed by atoms with van der Waals surface area (Å²) in [4.78, 5) is 34.0. The molecule has 4 rings (SSSR count). The monoisotopic (exact) mass is 373 g/mol. The summed E-state index contributed by atoms with van der Waals surface area (Å²) < 4.78 is 6.92. The van der Waals surface area contributed by atoms with E-state index in [-0.39, 0.29) is 18.1 Å². The number of pyridine rings is 2. The molecule has 0 unspecified atom stereocenters.